The quantitative estimate of drug-likeness (QED) is 0.210. The van der Waals surface area contributed by atoms with E-state index >= 15 is 0 Å². The van der Waals surface area contributed by atoms with Crippen LogP contribution < -0.4 is 5.32 Å². The number of fused-ring (bicyclic) bond motifs is 1. The van der Waals surface area contributed by atoms with Gasteiger partial charge >= 0.3 is 0 Å². The second-order valence-corrected chi connectivity index (χ2v) is 10.8. The van der Waals surface area contributed by atoms with Gasteiger partial charge in [0.15, 0.2) is 10.2 Å². The van der Waals surface area contributed by atoms with Crippen LogP contribution in [0.5, 0.6) is 0 Å². The zero-order valence-electron chi connectivity index (χ0n) is 19.3. The van der Waals surface area contributed by atoms with Crippen molar-refractivity contribution in [3.8, 4) is 0 Å². The number of hydrogen-bond donors (Lipinski definition) is 1. The highest BCUT2D eigenvalue weighted by Crippen LogP contribution is 2.40. The van der Waals surface area contributed by atoms with Crippen LogP contribution in [0.25, 0.3) is 0 Å². The minimum atomic E-state index is -0.151. The van der Waals surface area contributed by atoms with Gasteiger partial charge in [0.05, 0.1) is 11.8 Å². The maximum Gasteiger partial charge on any atom is 0.259 e. The van der Waals surface area contributed by atoms with E-state index in [2.05, 4.69) is 20.3 Å². The van der Waals surface area contributed by atoms with Crippen molar-refractivity contribution in [2.75, 3.05) is 5.32 Å². The van der Waals surface area contributed by atoms with E-state index in [9.17, 15) is 4.79 Å². The van der Waals surface area contributed by atoms with Gasteiger partial charge in [-0.1, -0.05) is 11.6 Å². The molecule has 1 amide bonds. The van der Waals surface area contributed by atoms with E-state index in [1.807, 2.05) is 32.0 Å². The van der Waals surface area contributed by atoms with Gasteiger partial charge < -0.3 is 9.73 Å². The number of aliphatic imine (C=N–C) groups is 1. The molecule has 6 nitrogen and oxygen atoms in total. The fourth-order valence-corrected chi connectivity index (χ4v) is 6.20. The molecule has 3 heterocycles. The lowest BCUT2D eigenvalue weighted by Crippen LogP contribution is -2.14. The van der Waals surface area contributed by atoms with Gasteiger partial charge in [-0.3, -0.25) is 4.79 Å². The van der Waals surface area contributed by atoms with Crippen molar-refractivity contribution in [1.29, 1.82) is 0 Å². The van der Waals surface area contributed by atoms with E-state index in [0.29, 0.717) is 37.3 Å². The van der Waals surface area contributed by atoms with Crippen LogP contribution in [0.1, 0.15) is 50.8 Å². The summed E-state index contributed by atoms with van der Waals surface area (Å²) in [7, 11) is 0. The molecular formula is C26H23ClN4O2S2. The smallest absolute Gasteiger partial charge is 0.259 e. The Morgan fingerprint density at radius 3 is 2.63 bits per heavy atom. The van der Waals surface area contributed by atoms with Gasteiger partial charge in [-0.15, -0.1) is 11.3 Å². The molecule has 1 aromatic carbocycles. The Balaban J connectivity index is 1.38. The van der Waals surface area contributed by atoms with Crippen LogP contribution in [0, 0.1) is 13.8 Å². The molecule has 0 bridgehead atoms. The molecule has 0 atom stereocenters. The number of amides is 1. The van der Waals surface area contributed by atoms with Gasteiger partial charge in [0, 0.05) is 27.0 Å². The van der Waals surface area contributed by atoms with Crippen molar-refractivity contribution in [1.82, 2.24) is 9.97 Å². The summed E-state index contributed by atoms with van der Waals surface area (Å²) in [5.74, 6) is 0.453. The van der Waals surface area contributed by atoms with Crippen LogP contribution in [0.2, 0.25) is 5.02 Å². The van der Waals surface area contributed by atoms with Crippen LogP contribution >= 0.6 is 34.7 Å². The SMILES string of the molecule is Cc1cc(C)nc(Sc2ccc(C=Nc3sc4c(c3C(=O)Nc3ccc(Cl)cc3)CCCC4)o2)n1. The van der Waals surface area contributed by atoms with Gasteiger partial charge in [-0.2, -0.15) is 0 Å². The third-order valence-electron chi connectivity index (χ3n) is 5.55. The van der Waals surface area contributed by atoms with Crippen LogP contribution in [-0.4, -0.2) is 22.1 Å². The third-order valence-corrected chi connectivity index (χ3v) is 7.78. The molecule has 9 heteroatoms. The summed E-state index contributed by atoms with van der Waals surface area (Å²) in [6.07, 6.45) is 5.75. The molecule has 1 aliphatic carbocycles. The van der Waals surface area contributed by atoms with E-state index in [4.69, 9.17) is 16.0 Å². The molecule has 0 spiro atoms. The van der Waals surface area contributed by atoms with Crippen molar-refractivity contribution in [2.45, 2.75) is 49.8 Å². The topological polar surface area (TPSA) is 80.4 Å². The molecule has 0 radical (unpaired) electrons. The Bertz CT molecular complexity index is 1390. The number of halogens is 1. The Morgan fingerprint density at radius 1 is 1.11 bits per heavy atom. The monoisotopic (exact) mass is 522 g/mol. The van der Waals surface area contributed by atoms with Gasteiger partial charge in [-0.05, 0) is 99.3 Å². The largest absolute Gasteiger partial charge is 0.448 e. The van der Waals surface area contributed by atoms with Crippen LogP contribution in [0.15, 0.2) is 62.1 Å². The first kappa shape index (κ1) is 23.8. The van der Waals surface area contributed by atoms with Gasteiger partial charge in [0.1, 0.15) is 10.8 Å². The molecule has 1 N–H and O–H groups in total. The maximum absolute atomic E-state index is 13.3. The minimum absolute atomic E-state index is 0.151. The molecule has 0 fully saturated rings. The Hall–Kier alpha value is -2.94. The molecule has 0 unspecified atom stereocenters. The normalized spacial score (nSPS) is 13.2. The number of thiophene rings is 1. The highest BCUT2D eigenvalue weighted by molar-refractivity contribution is 7.99. The van der Waals surface area contributed by atoms with Gasteiger partial charge in [0.2, 0.25) is 0 Å². The first-order valence-corrected chi connectivity index (χ1v) is 13.3. The number of rotatable bonds is 6. The lowest BCUT2D eigenvalue weighted by molar-refractivity contribution is 0.102. The zero-order chi connectivity index (χ0) is 24.4. The van der Waals surface area contributed by atoms with Gasteiger partial charge in [0.25, 0.3) is 5.91 Å². The third kappa shape index (κ3) is 5.66. The van der Waals surface area contributed by atoms with E-state index in [-0.39, 0.29) is 5.91 Å². The summed E-state index contributed by atoms with van der Waals surface area (Å²) >= 11 is 8.94. The highest BCUT2D eigenvalue weighted by atomic mass is 35.5. The molecule has 0 saturated heterocycles. The number of aryl methyl sites for hydroxylation is 3. The number of carbonyl (C=O) groups excluding carboxylic acids is 1. The van der Waals surface area contributed by atoms with E-state index in [1.54, 1.807) is 41.8 Å². The van der Waals surface area contributed by atoms with E-state index in [1.165, 1.54) is 16.6 Å². The van der Waals surface area contributed by atoms with Crippen LogP contribution in [-0.2, 0) is 12.8 Å². The van der Waals surface area contributed by atoms with Crippen molar-refractivity contribution in [2.24, 2.45) is 4.99 Å². The molecule has 178 valence electrons. The molecule has 0 aliphatic heterocycles. The number of benzene rings is 1. The number of furan rings is 1. The molecule has 1 aliphatic rings. The second-order valence-electron chi connectivity index (χ2n) is 8.30. The summed E-state index contributed by atoms with van der Waals surface area (Å²) in [5.41, 5.74) is 4.30. The first-order chi connectivity index (χ1) is 16.9. The number of nitrogens with one attached hydrogen (secondary N) is 1. The Kier molecular flexibility index (Phi) is 7.04. The Labute approximate surface area is 216 Å². The van der Waals surface area contributed by atoms with Crippen LogP contribution in [0.4, 0.5) is 10.7 Å². The Morgan fingerprint density at radius 2 is 1.86 bits per heavy atom. The number of anilines is 1. The molecule has 4 aromatic rings. The lowest BCUT2D eigenvalue weighted by atomic mass is 9.95. The molecule has 35 heavy (non-hydrogen) atoms. The van der Waals surface area contributed by atoms with Crippen molar-refractivity contribution < 1.29 is 9.21 Å². The highest BCUT2D eigenvalue weighted by Gasteiger charge is 2.25. The van der Waals surface area contributed by atoms with E-state index < -0.39 is 0 Å². The average molecular weight is 523 g/mol. The number of nitrogens with zero attached hydrogens (tertiary/aromatic N) is 3. The predicted molar refractivity (Wildman–Crippen MR) is 142 cm³/mol. The van der Waals surface area contributed by atoms with Crippen molar-refractivity contribution >= 4 is 57.5 Å². The summed E-state index contributed by atoms with van der Waals surface area (Å²) in [6.45, 7) is 3.89. The summed E-state index contributed by atoms with van der Waals surface area (Å²) < 4.78 is 5.92. The summed E-state index contributed by atoms with van der Waals surface area (Å²) in [5, 5.41) is 5.65. The number of carbonyl (C=O) groups is 1. The second kappa shape index (κ2) is 10.4. The summed E-state index contributed by atoms with van der Waals surface area (Å²) in [6, 6.07) is 12.8. The molecule has 3 aromatic heterocycles. The average Bonchev–Trinajstić information content (AvgIpc) is 3.42. The molecule has 0 saturated carbocycles. The first-order valence-electron chi connectivity index (χ1n) is 11.3. The standard InChI is InChI=1S/C26H23ClN4O2S2/c1-15-13-16(2)30-26(29-15)35-22-12-11-19(33-22)14-28-25-23(20-5-3-4-6-21(20)34-25)24(32)31-18-9-7-17(27)8-10-18/h7-14H,3-6H2,1-2H3,(H,31,32). The molecule has 5 rings (SSSR count). The van der Waals surface area contributed by atoms with Crippen molar-refractivity contribution in [3.63, 3.8) is 0 Å². The zero-order valence-corrected chi connectivity index (χ0v) is 21.7. The maximum atomic E-state index is 13.3. The predicted octanol–water partition coefficient (Wildman–Crippen LogP) is 7.43. The van der Waals surface area contributed by atoms with Crippen molar-refractivity contribution in [3.05, 3.63) is 80.6 Å². The fourth-order valence-electron chi connectivity index (χ4n) is 4.01. The van der Waals surface area contributed by atoms with Gasteiger partial charge in [-0.25, -0.2) is 15.0 Å². The number of aromatic nitrogens is 2. The fraction of sp³-hybridized carbons (Fsp3) is 0.231. The van der Waals surface area contributed by atoms with Crippen LogP contribution in [0.3, 0.4) is 0 Å². The summed E-state index contributed by atoms with van der Waals surface area (Å²) in [4.78, 5) is 28.1. The molecular weight excluding hydrogens is 500 g/mol. The van der Waals surface area contributed by atoms with E-state index in [0.717, 1.165) is 42.6 Å². The minimum Gasteiger partial charge on any atom is -0.448 e. The number of hydrogen-bond acceptors (Lipinski definition) is 7. The lowest BCUT2D eigenvalue weighted by Gasteiger charge is -2.12.